The number of carboxylic acid groups (broad SMARTS) is 4. The molecule has 0 rings (SSSR count). The third-order valence-corrected chi connectivity index (χ3v) is 3.59. The van der Waals surface area contributed by atoms with E-state index in [2.05, 4.69) is 11.8 Å². The summed E-state index contributed by atoms with van der Waals surface area (Å²) >= 11 is 0. The Bertz CT molecular complexity index is 248. The van der Waals surface area contributed by atoms with Crippen molar-refractivity contribution < 1.29 is 40.2 Å². The summed E-state index contributed by atoms with van der Waals surface area (Å²) in [4.78, 5) is 21.2. The largest absolute Gasteiger partial charge is 0.503 e. The zero-order chi connectivity index (χ0) is 20.5. The summed E-state index contributed by atoms with van der Waals surface area (Å²) < 4.78 is 0. The Morgan fingerprint density at radius 2 is 0.808 bits per heavy atom. The molecule has 0 amide bonds. The summed E-state index contributed by atoms with van der Waals surface area (Å²) in [6.07, 6.45) is 15.4. The smallest absolute Gasteiger partial charge is 0.450 e. The van der Waals surface area contributed by atoms with Gasteiger partial charge in [-0.2, -0.15) is 0 Å². The highest BCUT2D eigenvalue weighted by molar-refractivity contribution is 5.53. The zero-order valence-corrected chi connectivity index (χ0v) is 16.1. The van der Waals surface area contributed by atoms with Crippen molar-refractivity contribution in [3.63, 3.8) is 0 Å². The van der Waals surface area contributed by atoms with Gasteiger partial charge < -0.3 is 20.4 Å². The fourth-order valence-corrected chi connectivity index (χ4v) is 2.36. The van der Waals surface area contributed by atoms with E-state index >= 15 is 0 Å². The van der Waals surface area contributed by atoms with E-state index in [0.717, 1.165) is 6.42 Å². The molecule has 0 saturated carbocycles. The molecule has 26 heavy (non-hydrogen) atoms. The lowest BCUT2D eigenvalue weighted by molar-refractivity contribution is -0.242. The summed E-state index contributed by atoms with van der Waals surface area (Å²) in [5.74, 6) is 0. The molecule has 0 fully saturated rings. The summed E-state index contributed by atoms with van der Waals surface area (Å²) in [7, 11) is 0. The normalized spacial score (nSPS) is 9.46. The lowest BCUT2D eigenvalue weighted by atomic mass is 10.0. The van der Waals surface area contributed by atoms with Crippen LogP contribution in [0.1, 0.15) is 96.8 Å². The van der Waals surface area contributed by atoms with Crippen LogP contribution in [-0.4, -0.2) is 44.6 Å². The SMILES string of the molecule is CCCCCCCCCCCCCCCCOO.O=C(O)O.O=C(O)O. The summed E-state index contributed by atoms with van der Waals surface area (Å²) in [5, 5.41) is 36.0. The molecular weight excluding hydrogens is 344 g/mol. The lowest BCUT2D eigenvalue weighted by Crippen LogP contribution is -1.88. The van der Waals surface area contributed by atoms with Crippen LogP contribution < -0.4 is 0 Å². The molecule has 0 aliphatic rings. The van der Waals surface area contributed by atoms with Gasteiger partial charge >= 0.3 is 12.3 Å². The molecule has 5 N–H and O–H groups in total. The van der Waals surface area contributed by atoms with Gasteiger partial charge in [-0.1, -0.05) is 90.4 Å². The molecule has 8 nitrogen and oxygen atoms in total. The first-order valence-electron chi connectivity index (χ1n) is 9.48. The first-order chi connectivity index (χ1) is 12.4. The van der Waals surface area contributed by atoms with Gasteiger partial charge in [-0.15, -0.1) is 0 Å². The molecule has 0 radical (unpaired) electrons. The Morgan fingerprint density at radius 1 is 0.577 bits per heavy atom. The van der Waals surface area contributed by atoms with Crippen molar-refractivity contribution in [2.45, 2.75) is 96.8 Å². The van der Waals surface area contributed by atoms with Gasteiger partial charge in [0.1, 0.15) is 0 Å². The Labute approximate surface area is 156 Å². The second kappa shape index (κ2) is 28.3. The van der Waals surface area contributed by atoms with Crippen LogP contribution in [0.3, 0.4) is 0 Å². The van der Waals surface area contributed by atoms with Crippen molar-refractivity contribution in [1.82, 2.24) is 0 Å². The number of carbonyl (C=O) groups is 2. The minimum atomic E-state index is -1.83. The maximum Gasteiger partial charge on any atom is 0.503 e. The molecule has 0 aliphatic heterocycles. The predicted octanol–water partition coefficient (Wildman–Crippen LogP) is 6.40. The third-order valence-electron chi connectivity index (χ3n) is 3.59. The lowest BCUT2D eigenvalue weighted by Gasteiger charge is -2.02. The molecule has 0 aromatic rings. The van der Waals surface area contributed by atoms with E-state index in [-0.39, 0.29) is 0 Å². The zero-order valence-electron chi connectivity index (χ0n) is 16.1. The maximum absolute atomic E-state index is 8.56. The van der Waals surface area contributed by atoms with Crippen LogP contribution in [-0.2, 0) is 4.89 Å². The van der Waals surface area contributed by atoms with Crippen LogP contribution >= 0.6 is 0 Å². The van der Waals surface area contributed by atoms with Crippen molar-refractivity contribution in [3.8, 4) is 0 Å². The van der Waals surface area contributed by atoms with Crippen molar-refractivity contribution in [2.24, 2.45) is 0 Å². The van der Waals surface area contributed by atoms with E-state index in [1.165, 1.54) is 83.5 Å². The van der Waals surface area contributed by atoms with Crippen molar-refractivity contribution in [1.29, 1.82) is 0 Å². The fourth-order valence-electron chi connectivity index (χ4n) is 2.36. The first kappa shape index (κ1) is 29.2. The van der Waals surface area contributed by atoms with E-state index in [4.69, 9.17) is 35.3 Å². The molecular formula is C18H38O8. The second-order valence-corrected chi connectivity index (χ2v) is 5.99. The third kappa shape index (κ3) is 57.1. The molecule has 0 atom stereocenters. The quantitative estimate of drug-likeness (QED) is 0.124. The molecule has 8 heteroatoms. The summed E-state index contributed by atoms with van der Waals surface area (Å²) in [6.45, 7) is 2.77. The fraction of sp³-hybridized carbons (Fsp3) is 0.889. The van der Waals surface area contributed by atoms with Crippen LogP contribution in [0.4, 0.5) is 9.59 Å². The van der Waals surface area contributed by atoms with Gasteiger partial charge in [0.05, 0.1) is 6.61 Å². The molecule has 158 valence electrons. The van der Waals surface area contributed by atoms with E-state index in [1.54, 1.807) is 0 Å². The van der Waals surface area contributed by atoms with Gasteiger partial charge in [0, 0.05) is 0 Å². The van der Waals surface area contributed by atoms with Gasteiger partial charge in [0.25, 0.3) is 0 Å². The molecule has 0 bridgehead atoms. The van der Waals surface area contributed by atoms with Crippen LogP contribution in [0.25, 0.3) is 0 Å². The average molecular weight is 382 g/mol. The van der Waals surface area contributed by atoms with Crippen LogP contribution in [0.2, 0.25) is 0 Å². The second-order valence-electron chi connectivity index (χ2n) is 5.99. The average Bonchev–Trinajstić information content (AvgIpc) is 2.54. The van der Waals surface area contributed by atoms with E-state index in [1.807, 2.05) is 0 Å². The van der Waals surface area contributed by atoms with Gasteiger partial charge in [-0.3, -0.25) is 5.26 Å². The van der Waals surface area contributed by atoms with Crippen LogP contribution in [0.15, 0.2) is 0 Å². The van der Waals surface area contributed by atoms with Crippen molar-refractivity contribution >= 4 is 12.3 Å². The summed E-state index contributed by atoms with van der Waals surface area (Å²) in [6, 6.07) is 0. The topological polar surface area (TPSA) is 145 Å². The molecule has 0 spiro atoms. The predicted molar refractivity (Wildman–Crippen MR) is 100 cm³/mol. The Balaban J connectivity index is -0.000000551. The highest BCUT2D eigenvalue weighted by Crippen LogP contribution is 2.12. The van der Waals surface area contributed by atoms with E-state index in [0.29, 0.717) is 6.61 Å². The van der Waals surface area contributed by atoms with Gasteiger partial charge in [-0.05, 0) is 6.42 Å². The Hall–Kier alpha value is -1.54. The molecule has 0 aromatic heterocycles. The van der Waals surface area contributed by atoms with Gasteiger partial charge in [0.2, 0.25) is 0 Å². The van der Waals surface area contributed by atoms with Gasteiger partial charge in [0.15, 0.2) is 0 Å². The number of hydrogen-bond acceptors (Lipinski definition) is 4. The van der Waals surface area contributed by atoms with E-state index in [9.17, 15) is 0 Å². The first-order valence-corrected chi connectivity index (χ1v) is 9.48. The molecule has 0 aromatic carbocycles. The van der Waals surface area contributed by atoms with Crippen LogP contribution in [0, 0.1) is 0 Å². The van der Waals surface area contributed by atoms with Crippen molar-refractivity contribution in [3.05, 3.63) is 0 Å². The van der Waals surface area contributed by atoms with E-state index < -0.39 is 12.3 Å². The maximum atomic E-state index is 8.56. The Kier molecular flexibility index (Phi) is 31.8. The molecule has 0 unspecified atom stereocenters. The molecule has 0 aliphatic carbocycles. The molecule has 0 heterocycles. The highest BCUT2D eigenvalue weighted by atomic mass is 17.1. The minimum absolute atomic E-state index is 0.498. The Morgan fingerprint density at radius 3 is 1.04 bits per heavy atom. The number of rotatable bonds is 15. The monoisotopic (exact) mass is 382 g/mol. The minimum Gasteiger partial charge on any atom is -0.450 e. The highest BCUT2D eigenvalue weighted by Gasteiger charge is 1.93. The van der Waals surface area contributed by atoms with Crippen LogP contribution in [0.5, 0.6) is 0 Å². The van der Waals surface area contributed by atoms with Gasteiger partial charge in [-0.25, -0.2) is 14.5 Å². The summed E-state index contributed by atoms with van der Waals surface area (Å²) in [5.41, 5.74) is 0. The number of hydrogen-bond donors (Lipinski definition) is 5. The standard InChI is InChI=1S/C16H34O2.2CH2O3/c1-2-3-4-5-6-7-8-9-10-11-12-13-14-15-16-18-17;2*2-1(3)4/h17H,2-16H2,1H3;2*(H2,2,3,4). The van der Waals surface area contributed by atoms with Crippen molar-refractivity contribution in [2.75, 3.05) is 6.61 Å². The molecule has 0 saturated heterocycles. The number of unbranched alkanes of at least 4 members (excludes halogenated alkanes) is 13.